The Balaban J connectivity index is 1.98. The first kappa shape index (κ1) is 15.3. The Hall–Kier alpha value is -1.10. The molecule has 0 unspecified atom stereocenters. The number of methoxy groups -OCH3 is 1. The molecule has 1 aromatic rings. The van der Waals surface area contributed by atoms with Crippen LogP contribution in [0.15, 0.2) is 18.2 Å². The highest BCUT2D eigenvalue weighted by molar-refractivity contribution is 6.32. The third-order valence-corrected chi connectivity index (χ3v) is 3.98. The summed E-state index contributed by atoms with van der Waals surface area (Å²) in [7, 11) is 3.54. The number of rotatable bonds is 5. The number of ketones is 1. The van der Waals surface area contributed by atoms with Crippen molar-refractivity contribution in [1.82, 2.24) is 4.90 Å². The zero-order chi connectivity index (χ0) is 14.5. The van der Waals surface area contributed by atoms with Crippen molar-refractivity contribution < 1.29 is 14.3 Å². The average molecular weight is 298 g/mol. The maximum atomic E-state index is 12.3. The van der Waals surface area contributed by atoms with Crippen molar-refractivity contribution >= 4 is 17.4 Å². The van der Waals surface area contributed by atoms with E-state index in [-0.39, 0.29) is 5.78 Å². The van der Waals surface area contributed by atoms with Crippen LogP contribution >= 0.6 is 11.6 Å². The molecule has 0 atom stereocenters. The Bertz CT molecular complexity index is 472. The molecule has 0 aromatic heterocycles. The Morgan fingerprint density at radius 2 is 2.15 bits per heavy atom. The summed E-state index contributed by atoms with van der Waals surface area (Å²) in [5.41, 5.74) is 0.620. The van der Waals surface area contributed by atoms with Crippen LogP contribution in [0.25, 0.3) is 0 Å². The number of carbonyl (C=O) groups is 1. The van der Waals surface area contributed by atoms with Crippen molar-refractivity contribution in [1.29, 1.82) is 0 Å². The highest BCUT2D eigenvalue weighted by Crippen LogP contribution is 2.25. The molecular weight excluding hydrogens is 278 g/mol. The highest BCUT2D eigenvalue weighted by atomic mass is 35.5. The van der Waals surface area contributed by atoms with E-state index in [0.29, 0.717) is 28.9 Å². The first-order valence-corrected chi connectivity index (χ1v) is 7.14. The van der Waals surface area contributed by atoms with Crippen LogP contribution < -0.4 is 4.74 Å². The van der Waals surface area contributed by atoms with Gasteiger partial charge < -0.3 is 9.47 Å². The zero-order valence-corrected chi connectivity index (χ0v) is 12.7. The number of likely N-dealkylation sites (N-methyl/N-ethyl adjacent to an activating group) is 1. The van der Waals surface area contributed by atoms with Gasteiger partial charge in [-0.25, -0.2) is 0 Å². The van der Waals surface area contributed by atoms with E-state index in [1.807, 2.05) is 7.05 Å². The lowest BCUT2D eigenvalue weighted by atomic mass is 10.1. The van der Waals surface area contributed by atoms with Gasteiger partial charge in [0.05, 0.1) is 18.7 Å². The van der Waals surface area contributed by atoms with Crippen LogP contribution in [0.1, 0.15) is 23.2 Å². The number of carbonyl (C=O) groups excluding carboxylic acids is 1. The van der Waals surface area contributed by atoms with E-state index in [1.54, 1.807) is 25.3 Å². The molecular formula is C15H20ClNO3. The number of hydrogen-bond donors (Lipinski definition) is 0. The number of nitrogens with zero attached hydrogens (tertiary/aromatic N) is 1. The van der Waals surface area contributed by atoms with Gasteiger partial charge in [0, 0.05) is 24.8 Å². The summed E-state index contributed by atoms with van der Waals surface area (Å²) in [6.07, 6.45) is 1.96. The lowest BCUT2D eigenvalue weighted by molar-refractivity contribution is 0.0418. The smallest absolute Gasteiger partial charge is 0.176 e. The minimum absolute atomic E-state index is 0.0727. The van der Waals surface area contributed by atoms with Crippen molar-refractivity contribution in [3.8, 4) is 5.75 Å². The maximum Gasteiger partial charge on any atom is 0.176 e. The van der Waals surface area contributed by atoms with E-state index < -0.39 is 0 Å². The van der Waals surface area contributed by atoms with Crippen LogP contribution in [0.4, 0.5) is 0 Å². The van der Waals surface area contributed by atoms with Gasteiger partial charge in [0.25, 0.3) is 0 Å². The molecule has 0 bridgehead atoms. The minimum atomic E-state index is 0.0727. The van der Waals surface area contributed by atoms with Crippen LogP contribution in [0.2, 0.25) is 5.02 Å². The normalized spacial score (nSPS) is 16.4. The monoisotopic (exact) mass is 297 g/mol. The van der Waals surface area contributed by atoms with Crippen LogP contribution in [-0.2, 0) is 4.74 Å². The summed E-state index contributed by atoms with van der Waals surface area (Å²) in [5, 5.41) is 0.465. The third-order valence-electron chi connectivity index (χ3n) is 3.68. The molecule has 5 heteroatoms. The average Bonchev–Trinajstić information content (AvgIpc) is 2.48. The molecule has 0 saturated carbocycles. The standard InChI is InChI=1S/C15H20ClNO3/c1-17(12-5-7-20-8-6-12)10-14(18)11-3-4-15(19-2)13(16)9-11/h3-4,9,12H,5-8,10H2,1-2H3. The molecule has 0 aliphatic carbocycles. The molecule has 4 nitrogen and oxygen atoms in total. The summed E-state index contributed by atoms with van der Waals surface area (Å²) in [6.45, 7) is 1.95. The molecule has 110 valence electrons. The van der Waals surface area contributed by atoms with Gasteiger partial charge in [0.1, 0.15) is 5.75 Å². The van der Waals surface area contributed by atoms with Crippen molar-refractivity contribution in [2.45, 2.75) is 18.9 Å². The second kappa shape index (κ2) is 7.07. The number of hydrogen-bond acceptors (Lipinski definition) is 4. The summed E-state index contributed by atoms with van der Waals surface area (Å²) >= 11 is 6.05. The van der Waals surface area contributed by atoms with Crippen LogP contribution in [0.5, 0.6) is 5.75 Å². The fraction of sp³-hybridized carbons (Fsp3) is 0.533. The Morgan fingerprint density at radius 1 is 1.45 bits per heavy atom. The number of benzene rings is 1. The maximum absolute atomic E-state index is 12.3. The second-order valence-corrected chi connectivity index (χ2v) is 5.44. The lowest BCUT2D eigenvalue weighted by Gasteiger charge is -2.30. The van der Waals surface area contributed by atoms with Crippen molar-refractivity contribution in [3.05, 3.63) is 28.8 Å². The quantitative estimate of drug-likeness (QED) is 0.783. The molecule has 0 radical (unpaired) electrons. The van der Waals surface area contributed by atoms with E-state index in [0.717, 1.165) is 26.1 Å². The van der Waals surface area contributed by atoms with Crippen LogP contribution in [0.3, 0.4) is 0 Å². The molecule has 1 fully saturated rings. The molecule has 0 N–H and O–H groups in total. The predicted octanol–water partition coefficient (Wildman–Crippen LogP) is 2.64. The second-order valence-electron chi connectivity index (χ2n) is 5.03. The van der Waals surface area contributed by atoms with Gasteiger partial charge in [0.2, 0.25) is 0 Å². The van der Waals surface area contributed by atoms with E-state index in [1.165, 1.54) is 0 Å². The summed E-state index contributed by atoms with van der Waals surface area (Å²) in [5.74, 6) is 0.657. The molecule has 1 aromatic carbocycles. The Morgan fingerprint density at radius 3 is 2.75 bits per heavy atom. The SMILES string of the molecule is COc1ccc(C(=O)CN(C)C2CCOCC2)cc1Cl. The fourth-order valence-corrected chi connectivity index (χ4v) is 2.67. The summed E-state index contributed by atoms with van der Waals surface area (Å²) < 4.78 is 10.4. The zero-order valence-electron chi connectivity index (χ0n) is 11.9. The van der Waals surface area contributed by atoms with Gasteiger partial charge in [-0.1, -0.05) is 11.6 Å². The molecule has 2 rings (SSSR count). The number of Topliss-reactive ketones (excluding diaryl/α,β-unsaturated/α-hetero) is 1. The third kappa shape index (κ3) is 3.72. The predicted molar refractivity (Wildman–Crippen MR) is 78.8 cm³/mol. The van der Waals surface area contributed by atoms with Gasteiger partial charge in [-0.3, -0.25) is 9.69 Å². The molecule has 1 heterocycles. The fourth-order valence-electron chi connectivity index (χ4n) is 2.41. The summed E-state index contributed by atoms with van der Waals surface area (Å²) in [6, 6.07) is 5.57. The molecule has 1 aliphatic rings. The first-order valence-electron chi connectivity index (χ1n) is 6.76. The van der Waals surface area contributed by atoms with Crippen molar-refractivity contribution in [2.24, 2.45) is 0 Å². The summed E-state index contributed by atoms with van der Waals surface area (Å²) in [4.78, 5) is 14.4. The van der Waals surface area contributed by atoms with Crippen molar-refractivity contribution in [3.63, 3.8) is 0 Å². The highest BCUT2D eigenvalue weighted by Gasteiger charge is 2.21. The number of ether oxygens (including phenoxy) is 2. The van der Waals surface area contributed by atoms with Gasteiger partial charge in [-0.05, 0) is 38.1 Å². The van der Waals surface area contributed by atoms with Crippen LogP contribution in [-0.4, -0.2) is 50.6 Å². The van der Waals surface area contributed by atoms with E-state index in [2.05, 4.69) is 4.90 Å². The van der Waals surface area contributed by atoms with E-state index in [4.69, 9.17) is 21.1 Å². The molecule has 1 aliphatic heterocycles. The van der Waals surface area contributed by atoms with Crippen LogP contribution in [0, 0.1) is 0 Å². The number of halogens is 1. The Kier molecular flexibility index (Phi) is 5.40. The first-order chi connectivity index (χ1) is 9.61. The van der Waals surface area contributed by atoms with E-state index in [9.17, 15) is 4.79 Å². The topological polar surface area (TPSA) is 38.8 Å². The van der Waals surface area contributed by atoms with Gasteiger partial charge in [-0.2, -0.15) is 0 Å². The molecule has 0 amide bonds. The van der Waals surface area contributed by atoms with Crippen molar-refractivity contribution in [2.75, 3.05) is 33.9 Å². The Labute approximate surface area is 124 Å². The molecule has 20 heavy (non-hydrogen) atoms. The van der Waals surface area contributed by atoms with E-state index >= 15 is 0 Å². The van der Waals surface area contributed by atoms with Gasteiger partial charge in [-0.15, -0.1) is 0 Å². The minimum Gasteiger partial charge on any atom is -0.495 e. The van der Waals surface area contributed by atoms with Gasteiger partial charge in [0.15, 0.2) is 5.78 Å². The lowest BCUT2D eigenvalue weighted by Crippen LogP contribution is -2.39. The molecule has 0 spiro atoms. The molecule has 1 saturated heterocycles. The van der Waals surface area contributed by atoms with Gasteiger partial charge >= 0.3 is 0 Å². The largest absolute Gasteiger partial charge is 0.495 e.